The highest BCUT2D eigenvalue weighted by atomic mass is 32.2. The minimum absolute atomic E-state index is 0.0753. The normalized spacial score (nSPS) is 11.6. The van der Waals surface area contributed by atoms with E-state index in [4.69, 9.17) is 4.74 Å². The molecule has 0 heterocycles. The molecule has 154 valence electrons. The van der Waals surface area contributed by atoms with Gasteiger partial charge < -0.3 is 9.64 Å². The van der Waals surface area contributed by atoms with Gasteiger partial charge in [-0.1, -0.05) is 30.8 Å². The number of nitrogens with zero attached hydrogens (tertiary/aromatic N) is 2. The van der Waals surface area contributed by atoms with Gasteiger partial charge in [0.1, 0.15) is 5.82 Å². The predicted molar refractivity (Wildman–Crippen MR) is 106 cm³/mol. The topological polar surface area (TPSA) is 89.8 Å². The molecule has 1 atom stereocenters. The van der Waals surface area contributed by atoms with Crippen LogP contribution in [0.1, 0.15) is 24.2 Å². The van der Waals surface area contributed by atoms with Crippen LogP contribution >= 0.6 is 11.8 Å². The van der Waals surface area contributed by atoms with Gasteiger partial charge in [-0.3, -0.25) is 19.7 Å². The lowest BCUT2D eigenvalue weighted by molar-refractivity contribution is -0.384. The van der Waals surface area contributed by atoms with Crippen molar-refractivity contribution >= 4 is 29.3 Å². The molecule has 0 N–H and O–H groups in total. The van der Waals surface area contributed by atoms with Crippen molar-refractivity contribution in [2.45, 2.75) is 23.6 Å². The smallest absolute Gasteiger partial charge is 0.310 e. The molecule has 0 aliphatic carbocycles. The lowest BCUT2D eigenvalue weighted by Crippen LogP contribution is -2.37. The van der Waals surface area contributed by atoms with Crippen molar-refractivity contribution in [1.82, 2.24) is 4.90 Å². The number of methoxy groups -OCH3 is 1. The number of benzene rings is 2. The zero-order valence-corrected chi connectivity index (χ0v) is 17.1. The van der Waals surface area contributed by atoms with Gasteiger partial charge in [0.25, 0.3) is 11.6 Å². The van der Waals surface area contributed by atoms with E-state index in [2.05, 4.69) is 0 Å². The number of hydrogen-bond acceptors (Lipinski definition) is 6. The van der Waals surface area contributed by atoms with Gasteiger partial charge in [0, 0.05) is 35.0 Å². The summed E-state index contributed by atoms with van der Waals surface area (Å²) < 4.78 is 18.8. The Morgan fingerprint density at radius 2 is 1.93 bits per heavy atom. The van der Waals surface area contributed by atoms with Gasteiger partial charge >= 0.3 is 5.97 Å². The first-order valence-electron chi connectivity index (χ1n) is 8.86. The maximum atomic E-state index is 14.1. The first-order chi connectivity index (χ1) is 13.8. The van der Waals surface area contributed by atoms with Gasteiger partial charge in [0.2, 0.25) is 0 Å². The van der Waals surface area contributed by atoms with Gasteiger partial charge in [-0.2, -0.15) is 0 Å². The predicted octanol–water partition coefficient (Wildman–Crippen LogP) is 4.16. The molecule has 1 amide bonds. The molecule has 29 heavy (non-hydrogen) atoms. The van der Waals surface area contributed by atoms with Crippen LogP contribution < -0.4 is 0 Å². The zero-order valence-electron chi connectivity index (χ0n) is 16.3. The quantitative estimate of drug-likeness (QED) is 0.362. The molecule has 0 fully saturated rings. The van der Waals surface area contributed by atoms with Crippen molar-refractivity contribution < 1.29 is 23.6 Å². The van der Waals surface area contributed by atoms with E-state index in [0.29, 0.717) is 9.79 Å². The summed E-state index contributed by atoms with van der Waals surface area (Å²) in [4.78, 5) is 37.5. The van der Waals surface area contributed by atoms with Crippen molar-refractivity contribution in [3.05, 3.63) is 64.0 Å². The molecule has 0 spiro atoms. The number of nitro groups is 1. The molecule has 9 heteroatoms. The number of rotatable bonds is 8. The second-order valence-corrected chi connectivity index (χ2v) is 7.32. The van der Waals surface area contributed by atoms with E-state index in [1.807, 2.05) is 0 Å². The Morgan fingerprint density at radius 3 is 2.52 bits per heavy atom. The summed E-state index contributed by atoms with van der Waals surface area (Å²) in [5.74, 6) is -1.96. The molecular formula is C20H21FN2O5S. The monoisotopic (exact) mass is 420 g/mol. The number of hydrogen-bond donors (Lipinski definition) is 0. The van der Waals surface area contributed by atoms with E-state index < -0.39 is 28.5 Å². The Labute approximate surface area is 172 Å². The molecule has 0 saturated heterocycles. The number of esters is 1. The van der Waals surface area contributed by atoms with E-state index in [1.165, 1.54) is 36.3 Å². The molecule has 0 bridgehead atoms. The summed E-state index contributed by atoms with van der Waals surface area (Å²) in [6.45, 7) is 3.74. The Hall–Kier alpha value is -2.94. The standard InChI is InChI=1S/C20H21FN2O5S/c1-4-22(12-13(2)20(25)28-3)19(24)15-11-14(23(26)27)9-10-17(15)29-18-8-6-5-7-16(18)21/h5-11,13H,4,12H2,1-3H3. The van der Waals surface area contributed by atoms with Gasteiger partial charge in [-0.15, -0.1) is 0 Å². The Bertz CT molecular complexity index is 921. The number of nitro benzene ring substituents is 1. The molecule has 0 aliphatic heterocycles. The van der Waals surface area contributed by atoms with Crippen molar-refractivity contribution in [1.29, 1.82) is 0 Å². The van der Waals surface area contributed by atoms with Crippen LogP contribution in [-0.4, -0.2) is 41.9 Å². The fourth-order valence-corrected chi connectivity index (χ4v) is 3.61. The zero-order chi connectivity index (χ0) is 21.6. The fraction of sp³-hybridized carbons (Fsp3) is 0.300. The van der Waals surface area contributed by atoms with Crippen LogP contribution in [0, 0.1) is 21.8 Å². The Kier molecular flexibility index (Phi) is 7.72. The van der Waals surface area contributed by atoms with Gasteiger partial charge in [-0.25, -0.2) is 4.39 Å². The molecular weight excluding hydrogens is 399 g/mol. The van der Waals surface area contributed by atoms with Crippen LogP contribution in [0.15, 0.2) is 52.3 Å². The summed E-state index contributed by atoms with van der Waals surface area (Å²) in [5.41, 5.74) is -0.172. The number of halogens is 1. The average molecular weight is 420 g/mol. The molecule has 0 radical (unpaired) electrons. The third kappa shape index (κ3) is 5.54. The van der Waals surface area contributed by atoms with Crippen LogP contribution in [-0.2, 0) is 9.53 Å². The van der Waals surface area contributed by atoms with Gasteiger partial charge in [-0.05, 0) is 25.1 Å². The second kappa shape index (κ2) is 10.0. The summed E-state index contributed by atoms with van der Waals surface area (Å²) >= 11 is 1.01. The van der Waals surface area contributed by atoms with Crippen LogP contribution in [0.5, 0.6) is 0 Å². The molecule has 0 aliphatic rings. The lowest BCUT2D eigenvalue weighted by atomic mass is 10.1. The molecule has 2 aromatic carbocycles. The van der Waals surface area contributed by atoms with Crippen molar-refractivity contribution in [2.24, 2.45) is 5.92 Å². The molecule has 2 aromatic rings. The maximum absolute atomic E-state index is 14.1. The summed E-state index contributed by atoms with van der Waals surface area (Å²) in [6, 6.07) is 9.95. The lowest BCUT2D eigenvalue weighted by Gasteiger charge is -2.24. The van der Waals surface area contributed by atoms with E-state index in [0.717, 1.165) is 11.8 Å². The minimum atomic E-state index is -0.596. The molecule has 0 saturated carbocycles. The number of ether oxygens (including phenoxy) is 1. The van der Waals surface area contributed by atoms with E-state index in [9.17, 15) is 24.1 Å². The molecule has 1 unspecified atom stereocenters. The third-order valence-electron chi connectivity index (χ3n) is 4.23. The molecule has 0 aromatic heterocycles. The van der Waals surface area contributed by atoms with Crippen LogP contribution in [0.3, 0.4) is 0 Å². The average Bonchev–Trinajstić information content (AvgIpc) is 2.72. The highest BCUT2D eigenvalue weighted by molar-refractivity contribution is 7.99. The maximum Gasteiger partial charge on any atom is 0.310 e. The van der Waals surface area contributed by atoms with Crippen LogP contribution in [0.2, 0.25) is 0 Å². The number of carbonyl (C=O) groups excluding carboxylic acids is 2. The number of non-ortho nitro benzene ring substituents is 1. The molecule has 7 nitrogen and oxygen atoms in total. The van der Waals surface area contributed by atoms with Crippen LogP contribution in [0.4, 0.5) is 10.1 Å². The first-order valence-corrected chi connectivity index (χ1v) is 9.68. The fourth-order valence-electron chi connectivity index (χ4n) is 2.67. The van der Waals surface area contributed by atoms with Crippen molar-refractivity contribution in [3.63, 3.8) is 0 Å². The summed E-state index contributed by atoms with van der Waals surface area (Å²) in [6.07, 6.45) is 0. The van der Waals surface area contributed by atoms with E-state index >= 15 is 0 Å². The van der Waals surface area contributed by atoms with Crippen LogP contribution in [0.25, 0.3) is 0 Å². The summed E-state index contributed by atoms with van der Waals surface area (Å²) in [7, 11) is 1.26. The minimum Gasteiger partial charge on any atom is -0.469 e. The van der Waals surface area contributed by atoms with Gasteiger partial charge in [0.05, 0.1) is 23.5 Å². The third-order valence-corrected chi connectivity index (χ3v) is 5.35. The Morgan fingerprint density at radius 1 is 1.24 bits per heavy atom. The number of amides is 1. The van der Waals surface area contributed by atoms with E-state index in [1.54, 1.807) is 32.0 Å². The largest absolute Gasteiger partial charge is 0.469 e. The highest BCUT2D eigenvalue weighted by Crippen LogP contribution is 2.34. The van der Waals surface area contributed by atoms with Gasteiger partial charge in [0.15, 0.2) is 0 Å². The van der Waals surface area contributed by atoms with Crippen molar-refractivity contribution in [2.75, 3.05) is 20.2 Å². The SMILES string of the molecule is CCN(CC(C)C(=O)OC)C(=O)c1cc([N+](=O)[O-])ccc1Sc1ccccc1F. The number of carbonyl (C=O) groups is 2. The van der Waals surface area contributed by atoms with E-state index in [-0.39, 0.29) is 24.3 Å². The Balaban J connectivity index is 2.42. The second-order valence-electron chi connectivity index (χ2n) is 6.24. The highest BCUT2D eigenvalue weighted by Gasteiger charge is 2.25. The summed E-state index contributed by atoms with van der Waals surface area (Å²) in [5, 5.41) is 11.2. The molecule has 2 rings (SSSR count). The van der Waals surface area contributed by atoms with Crippen molar-refractivity contribution in [3.8, 4) is 0 Å². The first kappa shape index (κ1) is 22.4.